The van der Waals surface area contributed by atoms with Crippen LogP contribution in [-0.2, 0) is 4.74 Å². The van der Waals surface area contributed by atoms with Gasteiger partial charge in [0.05, 0.1) is 6.61 Å². The number of halogens is 3. The first-order valence-electron chi connectivity index (χ1n) is 5.35. The highest BCUT2D eigenvalue weighted by Gasteiger charge is 2.31. The first-order chi connectivity index (χ1) is 8.89. The third-order valence-corrected chi connectivity index (χ3v) is 2.20. The third kappa shape index (κ3) is 3.18. The van der Waals surface area contributed by atoms with Crippen LogP contribution in [0.1, 0.15) is 17.5 Å². The van der Waals surface area contributed by atoms with Crippen LogP contribution in [0.25, 0.3) is 11.0 Å². The van der Waals surface area contributed by atoms with Crippen LogP contribution >= 0.6 is 0 Å². The molecule has 0 fully saturated rings. The number of fused-ring (bicyclic) bond motifs is 1. The molecule has 2 rings (SSSR count). The Morgan fingerprint density at radius 1 is 1.32 bits per heavy atom. The molecule has 0 radical (unpaired) electrons. The fourth-order valence-corrected chi connectivity index (χ4v) is 1.52. The summed E-state index contributed by atoms with van der Waals surface area (Å²) >= 11 is 0. The summed E-state index contributed by atoms with van der Waals surface area (Å²) in [5.74, 6) is -1.12. The molecule has 0 aliphatic heterocycles. The molecule has 1 aromatic heterocycles. The Morgan fingerprint density at radius 2 is 2.05 bits per heavy atom. The van der Waals surface area contributed by atoms with Gasteiger partial charge >= 0.3 is 12.3 Å². The topological polar surface area (TPSA) is 48.7 Å². The van der Waals surface area contributed by atoms with Gasteiger partial charge in [-0.05, 0) is 31.2 Å². The lowest BCUT2D eigenvalue weighted by Crippen LogP contribution is -2.16. The second-order valence-electron chi connectivity index (χ2n) is 3.58. The largest absolute Gasteiger partial charge is 0.573 e. The average molecular weight is 274 g/mol. The van der Waals surface area contributed by atoms with E-state index in [9.17, 15) is 18.0 Å². The quantitative estimate of drug-likeness (QED) is 0.803. The third-order valence-electron chi connectivity index (χ3n) is 2.20. The van der Waals surface area contributed by atoms with Crippen molar-refractivity contribution in [3.8, 4) is 5.75 Å². The minimum absolute atomic E-state index is 0.0685. The Bertz CT molecular complexity index is 601. The van der Waals surface area contributed by atoms with Gasteiger partial charge in [-0.25, -0.2) is 4.79 Å². The van der Waals surface area contributed by atoms with Crippen LogP contribution < -0.4 is 4.74 Å². The summed E-state index contributed by atoms with van der Waals surface area (Å²) < 4.78 is 49.8. The van der Waals surface area contributed by atoms with Gasteiger partial charge in [0.15, 0.2) is 0 Å². The summed E-state index contributed by atoms with van der Waals surface area (Å²) in [5.41, 5.74) is 0.276. The maximum atomic E-state index is 12.1. The molecular formula is C12H9F3O4. The number of alkyl halides is 3. The molecule has 0 amide bonds. The number of rotatable bonds is 3. The molecule has 0 unspecified atom stereocenters. The molecule has 4 nitrogen and oxygen atoms in total. The molecular weight excluding hydrogens is 265 g/mol. The number of hydrogen-bond acceptors (Lipinski definition) is 4. The van der Waals surface area contributed by atoms with Crippen molar-refractivity contribution in [2.45, 2.75) is 13.3 Å². The van der Waals surface area contributed by atoms with Gasteiger partial charge in [0.25, 0.3) is 0 Å². The maximum absolute atomic E-state index is 12.1. The van der Waals surface area contributed by atoms with Crippen molar-refractivity contribution in [3.63, 3.8) is 0 Å². The van der Waals surface area contributed by atoms with E-state index in [1.807, 2.05) is 0 Å². The van der Waals surface area contributed by atoms with Crippen molar-refractivity contribution in [2.75, 3.05) is 6.61 Å². The van der Waals surface area contributed by atoms with Gasteiger partial charge in [0, 0.05) is 5.39 Å². The fraction of sp³-hybridized carbons (Fsp3) is 0.250. The van der Waals surface area contributed by atoms with Gasteiger partial charge in [-0.1, -0.05) is 0 Å². The van der Waals surface area contributed by atoms with Crippen molar-refractivity contribution in [2.24, 2.45) is 0 Å². The summed E-state index contributed by atoms with van der Waals surface area (Å²) in [5, 5.41) is 0.324. The molecule has 0 saturated heterocycles. The molecule has 0 atom stereocenters. The van der Waals surface area contributed by atoms with Crippen molar-refractivity contribution in [1.29, 1.82) is 0 Å². The predicted molar refractivity (Wildman–Crippen MR) is 58.9 cm³/mol. The van der Waals surface area contributed by atoms with E-state index in [0.717, 1.165) is 12.1 Å². The normalized spacial score (nSPS) is 11.6. The second-order valence-corrected chi connectivity index (χ2v) is 3.58. The molecule has 7 heteroatoms. The fourth-order valence-electron chi connectivity index (χ4n) is 1.52. The van der Waals surface area contributed by atoms with E-state index in [1.54, 1.807) is 6.92 Å². The summed E-state index contributed by atoms with van der Waals surface area (Å²) in [6.45, 7) is 1.81. The lowest BCUT2D eigenvalue weighted by Gasteiger charge is -2.07. The Balaban J connectivity index is 2.31. The van der Waals surface area contributed by atoms with Crippen LogP contribution in [-0.4, -0.2) is 18.9 Å². The van der Waals surface area contributed by atoms with Crippen LogP contribution in [0, 0.1) is 0 Å². The molecule has 0 N–H and O–H groups in total. The van der Waals surface area contributed by atoms with Crippen molar-refractivity contribution >= 4 is 16.9 Å². The number of carbonyl (C=O) groups is 1. The summed E-state index contributed by atoms with van der Waals surface area (Å²) in [6.07, 6.45) is -4.76. The highest BCUT2D eigenvalue weighted by Crippen LogP contribution is 2.28. The number of furan rings is 1. The highest BCUT2D eigenvalue weighted by molar-refractivity contribution is 5.92. The van der Waals surface area contributed by atoms with Gasteiger partial charge in [-0.3, -0.25) is 0 Å². The molecule has 19 heavy (non-hydrogen) atoms. The molecule has 0 aliphatic rings. The monoisotopic (exact) mass is 274 g/mol. The number of benzene rings is 1. The van der Waals surface area contributed by atoms with E-state index < -0.39 is 12.3 Å². The Labute approximate surface area is 105 Å². The van der Waals surface area contributed by atoms with Gasteiger partial charge in [-0.2, -0.15) is 0 Å². The molecule has 1 heterocycles. The van der Waals surface area contributed by atoms with Crippen LogP contribution in [0.2, 0.25) is 0 Å². The van der Waals surface area contributed by atoms with E-state index in [-0.39, 0.29) is 23.7 Å². The maximum Gasteiger partial charge on any atom is 0.573 e. The number of carbonyl (C=O) groups excluding carboxylic acids is 1. The lowest BCUT2D eigenvalue weighted by molar-refractivity contribution is -0.274. The highest BCUT2D eigenvalue weighted by atomic mass is 19.4. The van der Waals surface area contributed by atoms with Crippen LogP contribution in [0.3, 0.4) is 0 Å². The van der Waals surface area contributed by atoms with Crippen LogP contribution in [0.5, 0.6) is 5.75 Å². The van der Waals surface area contributed by atoms with Crippen LogP contribution in [0.15, 0.2) is 28.7 Å². The first-order valence-corrected chi connectivity index (χ1v) is 5.35. The van der Waals surface area contributed by atoms with E-state index in [2.05, 4.69) is 4.74 Å². The number of ether oxygens (including phenoxy) is 2. The lowest BCUT2D eigenvalue weighted by atomic mass is 10.2. The predicted octanol–water partition coefficient (Wildman–Crippen LogP) is 3.51. The molecule has 0 aliphatic carbocycles. The SMILES string of the molecule is CCOC(=O)c1cc2cc(OC(F)(F)F)ccc2o1. The smallest absolute Gasteiger partial charge is 0.460 e. The molecule has 0 spiro atoms. The Kier molecular flexibility index (Phi) is 3.37. The molecule has 1 aromatic carbocycles. The van der Waals surface area contributed by atoms with Crippen molar-refractivity contribution < 1.29 is 31.9 Å². The summed E-state index contributed by atoms with van der Waals surface area (Å²) in [4.78, 5) is 11.4. The van der Waals surface area contributed by atoms with Gasteiger partial charge < -0.3 is 13.9 Å². The van der Waals surface area contributed by atoms with E-state index >= 15 is 0 Å². The zero-order chi connectivity index (χ0) is 14.0. The second kappa shape index (κ2) is 4.83. The number of esters is 1. The first kappa shape index (κ1) is 13.3. The minimum atomic E-state index is -4.76. The van der Waals surface area contributed by atoms with E-state index in [4.69, 9.17) is 9.15 Å². The van der Waals surface area contributed by atoms with E-state index in [0.29, 0.717) is 5.39 Å². The summed E-state index contributed by atoms with van der Waals surface area (Å²) in [6, 6.07) is 4.83. The number of hydrogen-bond donors (Lipinski definition) is 0. The Morgan fingerprint density at radius 3 is 2.68 bits per heavy atom. The van der Waals surface area contributed by atoms with Gasteiger partial charge in [0.1, 0.15) is 11.3 Å². The molecule has 0 saturated carbocycles. The average Bonchev–Trinajstić information content (AvgIpc) is 2.70. The molecule has 102 valence electrons. The van der Waals surface area contributed by atoms with Gasteiger partial charge in [-0.15, -0.1) is 13.2 Å². The van der Waals surface area contributed by atoms with Crippen molar-refractivity contribution in [3.05, 3.63) is 30.0 Å². The zero-order valence-corrected chi connectivity index (χ0v) is 9.78. The summed E-state index contributed by atoms with van der Waals surface area (Å²) in [7, 11) is 0. The van der Waals surface area contributed by atoms with Crippen LogP contribution in [0.4, 0.5) is 13.2 Å². The van der Waals surface area contributed by atoms with Gasteiger partial charge in [0.2, 0.25) is 5.76 Å². The van der Waals surface area contributed by atoms with Crippen molar-refractivity contribution in [1.82, 2.24) is 0 Å². The molecule has 0 bridgehead atoms. The zero-order valence-electron chi connectivity index (χ0n) is 9.78. The standard InChI is InChI=1S/C12H9F3O4/c1-2-17-11(16)10-6-7-5-8(19-12(13,14)15)3-4-9(7)18-10/h3-6H,2H2,1H3. The Hall–Kier alpha value is -2.18. The molecule has 2 aromatic rings. The van der Waals surface area contributed by atoms with E-state index in [1.165, 1.54) is 12.1 Å². The minimum Gasteiger partial charge on any atom is -0.460 e.